The summed E-state index contributed by atoms with van der Waals surface area (Å²) in [6, 6.07) is 4.65. The van der Waals surface area contributed by atoms with Crippen molar-refractivity contribution >= 4 is 23.1 Å². The Kier molecular flexibility index (Phi) is 5.59. The molecule has 0 unspecified atom stereocenters. The molecule has 1 aromatic carbocycles. The number of benzene rings is 1. The molecule has 5 rings (SSSR count). The number of phenolic OH excluding ortho intramolecular Hbond substituents is 1. The number of Topliss-reactive ketones (excluding diaryl/α,β-unsaturated/α-hetero) is 4. The first kappa shape index (κ1) is 23.9. The third-order valence-corrected chi connectivity index (χ3v) is 7.86. The molecule has 1 heterocycles. The number of allylic oxidation sites excluding steroid dienone is 2. The zero-order chi connectivity index (χ0) is 25.9. The molecule has 3 aliphatic carbocycles. The molecular weight excluding hydrogens is 464 g/mol. The maximum atomic E-state index is 13.6. The summed E-state index contributed by atoms with van der Waals surface area (Å²) >= 11 is 0. The van der Waals surface area contributed by atoms with Gasteiger partial charge in [-0.15, -0.1) is 0 Å². The number of rotatable bonds is 5. The molecule has 0 fully saturated rings. The van der Waals surface area contributed by atoms with Gasteiger partial charge in [0, 0.05) is 17.9 Å². The van der Waals surface area contributed by atoms with Gasteiger partial charge in [0.1, 0.15) is 17.8 Å². The summed E-state index contributed by atoms with van der Waals surface area (Å²) in [5.41, 5.74) is -0.246. The summed E-state index contributed by atoms with van der Waals surface area (Å²) in [5, 5.41) is 33.2. The second-order valence-electron chi connectivity index (χ2n) is 9.97. The number of ketones is 4. The smallest absolute Gasteiger partial charge is 0.205 e. The van der Waals surface area contributed by atoms with Gasteiger partial charge in [0.25, 0.3) is 0 Å². The number of aliphatic hydroxyl groups is 2. The van der Waals surface area contributed by atoms with Crippen LogP contribution in [0.1, 0.15) is 65.0 Å². The van der Waals surface area contributed by atoms with E-state index in [0.717, 1.165) is 5.56 Å². The van der Waals surface area contributed by atoms with E-state index in [0.29, 0.717) is 29.5 Å². The molecule has 8 nitrogen and oxygen atoms in total. The van der Waals surface area contributed by atoms with Crippen molar-refractivity contribution in [1.82, 2.24) is 0 Å². The molecule has 1 aromatic heterocycles. The lowest BCUT2D eigenvalue weighted by Gasteiger charge is -2.46. The lowest BCUT2D eigenvalue weighted by molar-refractivity contribution is -0.143. The molecule has 0 amide bonds. The molecule has 2 aromatic rings. The Hall–Kier alpha value is -3.78. The van der Waals surface area contributed by atoms with Gasteiger partial charge in [-0.25, -0.2) is 0 Å². The molecule has 36 heavy (non-hydrogen) atoms. The summed E-state index contributed by atoms with van der Waals surface area (Å²) in [4.78, 5) is 51.4. The van der Waals surface area contributed by atoms with Crippen LogP contribution in [-0.4, -0.2) is 44.1 Å². The minimum Gasteiger partial charge on any atom is -0.508 e. The summed E-state index contributed by atoms with van der Waals surface area (Å²) in [5.74, 6) is -4.34. The Morgan fingerprint density at radius 2 is 1.89 bits per heavy atom. The highest BCUT2D eigenvalue weighted by molar-refractivity contribution is 6.25. The lowest BCUT2D eigenvalue weighted by Crippen LogP contribution is -2.56. The molecule has 3 N–H and O–H groups in total. The van der Waals surface area contributed by atoms with Gasteiger partial charge in [-0.2, -0.15) is 0 Å². The summed E-state index contributed by atoms with van der Waals surface area (Å²) in [7, 11) is 0. The zero-order valence-electron chi connectivity index (χ0n) is 20.0. The fourth-order valence-electron chi connectivity index (χ4n) is 6.14. The van der Waals surface area contributed by atoms with Crippen LogP contribution in [0.25, 0.3) is 0 Å². The zero-order valence-corrected chi connectivity index (χ0v) is 20.0. The molecule has 0 aliphatic heterocycles. The van der Waals surface area contributed by atoms with Gasteiger partial charge in [-0.1, -0.05) is 11.6 Å². The highest BCUT2D eigenvalue weighted by atomic mass is 16.3. The summed E-state index contributed by atoms with van der Waals surface area (Å²) in [6.45, 7) is 2.90. The molecule has 3 aliphatic rings. The maximum absolute atomic E-state index is 13.6. The second-order valence-corrected chi connectivity index (χ2v) is 9.97. The van der Waals surface area contributed by atoms with Gasteiger partial charge in [-0.05, 0) is 68.7 Å². The number of aliphatic hydroxyl groups excluding tert-OH is 1. The van der Waals surface area contributed by atoms with Crippen molar-refractivity contribution in [2.45, 2.75) is 51.6 Å². The number of carbonyl (C=O) groups is 4. The van der Waals surface area contributed by atoms with Crippen LogP contribution in [0.3, 0.4) is 0 Å². The average Bonchev–Trinajstić information content (AvgIpc) is 3.35. The minimum absolute atomic E-state index is 0.00452. The lowest BCUT2D eigenvalue weighted by atomic mass is 9.59. The minimum atomic E-state index is -2.36. The predicted molar refractivity (Wildman–Crippen MR) is 127 cm³/mol. The van der Waals surface area contributed by atoms with Crippen LogP contribution < -0.4 is 0 Å². The second kappa shape index (κ2) is 8.41. The molecule has 8 heteroatoms. The van der Waals surface area contributed by atoms with E-state index in [9.17, 15) is 34.5 Å². The fraction of sp³-hybridized carbons (Fsp3) is 0.357. The predicted octanol–water partition coefficient (Wildman–Crippen LogP) is 3.60. The van der Waals surface area contributed by atoms with Gasteiger partial charge in [-0.3, -0.25) is 19.2 Å². The van der Waals surface area contributed by atoms with Crippen LogP contribution in [-0.2, 0) is 22.4 Å². The van der Waals surface area contributed by atoms with Crippen LogP contribution in [0.5, 0.6) is 5.75 Å². The largest absolute Gasteiger partial charge is 0.508 e. The Morgan fingerprint density at radius 1 is 1.14 bits per heavy atom. The monoisotopic (exact) mass is 490 g/mol. The molecule has 3 atom stereocenters. The highest BCUT2D eigenvalue weighted by Gasteiger charge is 2.58. The van der Waals surface area contributed by atoms with E-state index in [4.69, 9.17) is 4.42 Å². The molecule has 0 saturated heterocycles. The van der Waals surface area contributed by atoms with Crippen LogP contribution in [0, 0.1) is 11.8 Å². The average molecular weight is 491 g/mol. The van der Waals surface area contributed by atoms with Crippen molar-refractivity contribution in [1.29, 1.82) is 0 Å². The maximum Gasteiger partial charge on any atom is 0.205 e. The number of hydrogen-bond acceptors (Lipinski definition) is 8. The van der Waals surface area contributed by atoms with Gasteiger partial charge in [0.2, 0.25) is 5.78 Å². The van der Waals surface area contributed by atoms with Gasteiger partial charge >= 0.3 is 0 Å². The van der Waals surface area contributed by atoms with Crippen molar-refractivity contribution in [3.63, 3.8) is 0 Å². The van der Waals surface area contributed by atoms with Crippen LogP contribution in [0.4, 0.5) is 0 Å². The normalized spacial score (nSPS) is 25.4. The summed E-state index contributed by atoms with van der Waals surface area (Å²) < 4.78 is 4.97. The molecule has 0 spiro atoms. The molecule has 0 bridgehead atoms. The first-order valence-electron chi connectivity index (χ1n) is 11.9. The van der Waals surface area contributed by atoms with E-state index in [1.54, 1.807) is 19.1 Å². The van der Waals surface area contributed by atoms with E-state index < -0.39 is 40.5 Å². The number of aryl methyl sites for hydroxylation is 1. The number of aromatic hydroxyl groups is 1. The Morgan fingerprint density at radius 3 is 2.56 bits per heavy atom. The van der Waals surface area contributed by atoms with Crippen molar-refractivity contribution < 1.29 is 38.9 Å². The van der Waals surface area contributed by atoms with Crippen molar-refractivity contribution in [2.24, 2.45) is 11.8 Å². The number of phenols is 1. The third kappa shape index (κ3) is 3.39. The van der Waals surface area contributed by atoms with E-state index in [1.165, 1.54) is 25.5 Å². The van der Waals surface area contributed by atoms with Crippen LogP contribution in [0.2, 0.25) is 0 Å². The van der Waals surface area contributed by atoms with Crippen molar-refractivity contribution in [3.8, 4) is 5.75 Å². The Labute approximate surface area is 206 Å². The Bertz CT molecular complexity index is 1390. The Balaban J connectivity index is 1.54. The fourth-order valence-corrected chi connectivity index (χ4v) is 6.14. The van der Waals surface area contributed by atoms with Gasteiger partial charge in [0.15, 0.2) is 23.0 Å². The SMILES string of the molecule is CC(=O)C1=C(C)C[C@@H]2C[C@@H]3Cc4c(CCC(=O)c5ccoc5)ccc(O)c4C(=O)C3=C(O)[C@]2(O)C1=O. The molecular formula is C28H26O8. The molecule has 0 radical (unpaired) electrons. The highest BCUT2D eigenvalue weighted by Crippen LogP contribution is 2.52. The standard InChI is InChI=1S/C28H26O8/c1-13-9-18-10-17-11-19-15(3-5-20(30)16-7-8-36-12-16)4-6-21(31)24(19)25(32)23(17)27(34)28(18,35)26(33)22(13)14(2)29/h4,6-8,12,17-18,31,34-35H,3,5,9-11H2,1-2H3/t17-,18-,28-/m1/s1. The summed E-state index contributed by atoms with van der Waals surface area (Å²) in [6.07, 6.45) is 4.10. The molecule has 186 valence electrons. The first-order chi connectivity index (χ1) is 17.1. The van der Waals surface area contributed by atoms with E-state index >= 15 is 0 Å². The topological polar surface area (TPSA) is 142 Å². The van der Waals surface area contributed by atoms with E-state index in [2.05, 4.69) is 0 Å². The van der Waals surface area contributed by atoms with Crippen LogP contribution >= 0.6 is 0 Å². The van der Waals surface area contributed by atoms with Crippen molar-refractivity contribution in [3.05, 3.63) is 75.5 Å². The molecule has 0 saturated carbocycles. The number of carbonyl (C=O) groups excluding carboxylic acids is 4. The van der Waals surface area contributed by atoms with Gasteiger partial charge in [0.05, 0.1) is 23.0 Å². The van der Waals surface area contributed by atoms with E-state index in [1.807, 2.05) is 0 Å². The number of fused-ring (bicyclic) bond motifs is 3. The number of furan rings is 1. The first-order valence-corrected chi connectivity index (χ1v) is 11.9. The van der Waals surface area contributed by atoms with Gasteiger partial charge < -0.3 is 19.7 Å². The van der Waals surface area contributed by atoms with Crippen molar-refractivity contribution in [2.75, 3.05) is 0 Å². The van der Waals surface area contributed by atoms with E-state index in [-0.39, 0.29) is 47.5 Å². The number of hydrogen-bond donors (Lipinski definition) is 3. The quantitative estimate of drug-likeness (QED) is 0.426. The third-order valence-electron chi connectivity index (χ3n) is 7.86. The van der Waals surface area contributed by atoms with Crippen LogP contribution in [0.15, 0.2) is 57.6 Å².